The summed E-state index contributed by atoms with van der Waals surface area (Å²) in [6, 6.07) is 0. The molecule has 0 bridgehead atoms. The monoisotopic (exact) mass is 521 g/mol. The van der Waals surface area contributed by atoms with E-state index in [-0.39, 0.29) is 29.9 Å². The summed E-state index contributed by atoms with van der Waals surface area (Å²) >= 11 is 0. The number of carbonyl (C=O) groups is 1. The number of nitrogens with one attached hydrogen (secondary N) is 1. The molecule has 0 aromatic carbocycles. The standard InChI is InChI=1S/C21H39N5O2.HI/c1-2-22-20(23-18-21(28)9-5-3-6-10-21)26-15-13-24(14-16-26)17-19(27)25-11-7-4-8-12-25;/h28H,2-18H2,1H3,(H,22,23);1H. The maximum atomic E-state index is 12.5. The Morgan fingerprint density at radius 3 is 2.17 bits per heavy atom. The lowest BCUT2D eigenvalue weighted by atomic mass is 9.85. The van der Waals surface area contributed by atoms with E-state index in [2.05, 4.69) is 22.0 Å². The first-order valence-corrected chi connectivity index (χ1v) is 11.4. The summed E-state index contributed by atoms with van der Waals surface area (Å²) < 4.78 is 0. The molecule has 1 saturated carbocycles. The lowest BCUT2D eigenvalue weighted by Gasteiger charge is -2.38. The highest BCUT2D eigenvalue weighted by molar-refractivity contribution is 14.0. The van der Waals surface area contributed by atoms with Crippen LogP contribution in [-0.4, -0.2) is 96.2 Å². The third-order valence-corrected chi connectivity index (χ3v) is 6.38. The summed E-state index contributed by atoms with van der Waals surface area (Å²) in [6.45, 7) is 9.31. The van der Waals surface area contributed by atoms with Crippen molar-refractivity contribution in [2.45, 2.75) is 63.9 Å². The van der Waals surface area contributed by atoms with Crippen LogP contribution >= 0.6 is 24.0 Å². The number of amides is 1. The second-order valence-electron chi connectivity index (χ2n) is 8.66. The van der Waals surface area contributed by atoms with Gasteiger partial charge in [0, 0.05) is 45.8 Å². The van der Waals surface area contributed by atoms with Crippen LogP contribution in [0.15, 0.2) is 4.99 Å². The second-order valence-corrected chi connectivity index (χ2v) is 8.66. The van der Waals surface area contributed by atoms with E-state index in [1.807, 2.05) is 4.90 Å². The van der Waals surface area contributed by atoms with Crippen LogP contribution in [-0.2, 0) is 4.79 Å². The number of carbonyl (C=O) groups excluding carboxylic acids is 1. The number of likely N-dealkylation sites (tertiary alicyclic amines) is 1. The molecule has 0 unspecified atom stereocenters. The molecular weight excluding hydrogens is 481 g/mol. The molecule has 0 radical (unpaired) electrons. The molecule has 0 spiro atoms. The molecule has 3 fully saturated rings. The number of aliphatic hydroxyl groups is 1. The molecule has 0 atom stereocenters. The van der Waals surface area contributed by atoms with E-state index in [0.717, 1.165) is 90.3 Å². The van der Waals surface area contributed by atoms with Gasteiger partial charge in [-0.05, 0) is 39.0 Å². The molecule has 1 amide bonds. The maximum absolute atomic E-state index is 12.5. The van der Waals surface area contributed by atoms with Crippen LogP contribution in [0.3, 0.4) is 0 Å². The number of halogens is 1. The molecule has 2 aliphatic heterocycles. The van der Waals surface area contributed by atoms with Crippen molar-refractivity contribution in [3.8, 4) is 0 Å². The van der Waals surface area contributed by atoms with E-state index in [1.54, 1.807) is 0 Å². The lowest BCUT2D eigenvalue weighted by Crippen LogP contribution is -2.54. The van der Waals surface area contributed by atoms with Crippen molar-refractivity contribution in [2.24, 2.45) is 4.99 Å². The first-order chi connectivity index (χ1) is 13.6. The smallest absolute Gasteiger partial charge is 0.236 e. The quantitative estimate of drug-likeness (QED) is 0.329. The van der Waals surface area contributed by atoms with Crippen molar-refractivity contribution in [1.82, 2.24) is 20.0 Å². The van der Waals surface area contributed by atoms with E-state index in [4.69, 9.17) is 4.99 Å². The predicted molar refractivity (Wildman–Crippen MR) is 128 cm³/mol. The minimum absolute atomic E-state index is 0. The Morgan fingerprint density at radius 2 is 1.55 bits per heavy atom. The first kappa shape index (κ1) is 24.7. The van der Waals surface area contributed by atoms with Gasteiger partial charge in [-0.15, -0.1) is 24.0 Å². The van der Waals surface area contributed by atoms with Crippen LogP contribution in [0.5, 0.6) is 0 Å². The topological polar surface area (TPSA) is 71.4 Å². The van der Waals surface area contributed by atoms with E-state index in [1.165, 1.54) is 12.8 Å². The molecule has 0 aromatic heterocycles. The molecule has 1 aliphatic carbocycles. The molecule has 2 saturated heterocycles. The van der Waals surface area contributed by atoms with Gasteiger partial charge < -0.3 is 20.2 Å². The first-order valence-electron chi connectivity index (χ1n) is 11.4. The van der Waals surface area contributed by atoms with Gasteiger partial charge in [-0.2, -0.15) is 0 Å². The fourth-order valence-corrected chi connectivity index (χ4v) is 4.57. The molecule has 3 rings (SSSR count). The molecule has 8 heteroatoms. The maximum Gasteiger partial charge on any atom is 0.236 e. The normalized spacial score (nSPS) is 23.4. The summed E-state index contributed by atoms with van der Waals surface area (Å²) in [4.78, 5) is 23.9. The van der Waals surface area contributed by atoms with Gasteiger partial charge in [0.2, 0.25) is 5.91 Å². The van der Waals surface area contributed by atoms with Crippen LogP contribution in [0, 0.1) is 0 Å². The Morgan fingerprint density at radius 1 is 0.931 bits per heavy atom. The second kappa shape index (κ2) is 12.3. The summed E-state index contributed by atoms with van der Waals surface area (Å²) in [5.74, 6) is 1.19. The number of hydrogen-bond acceptors (Lipinski definition) is 4. The summed E-state index contributed by atoms with van der Waals surface area (Å²) in [5, 5.41) is 14.1. The van der Waals surface area contributed by atoms with Gasteiger partial charge in [-0.1, -0.05) is 19.3 Å². The van der Waals surface area contributed by atoms with Gasteiger partial charge in [0.1, 0.15) is 0 Å². The number of hydrogen-bond donors (Lipinski definition) is 2. The Hall–Kier alpha value is -0.610. The molecule has 2 N–H and O–H groups in total. The SMILES string of the molecule is CCNC(=NCC1(O)CCCCC1)N1CCN(CC(=O)N2CCCCC2)CC1.I. The van der Waals surface area contributed by atoms with E-state index < -0.39 is 5.60 Å². The molecule has 2 heterocycles. The molecular formula is C21H40IN5O2. The zero-order valence-corrected chi connectivity index (χ0v) is 20.4. The fraction of sp³-hybridized carbons (Fsp3) is 0.905. The fourth-order valence-electron chi connectivity index (χ4n) is 4.57. The van der Waals surface area contributed by atoms with E-state index >= 15 is 0 Å². The van der Waals surface area contributed by atoms with Crippen LogP contribution in [0.25, 0.3) is 0 Å². The van der Waals surface area contributed by atoms with Crippen LogP contribution in [0.2, 0.25) is 0 Å². The van der Waals surface area contributed by atoms with Gasteiger partial charge in [0.05, 0.1) is 18.7 Å². The Bertz CT molecular complexity index is 525. The number of piperidine rings is 1. The van der Waals surface area contributed by atoms with Crippen molar-refractivity contribution in [3.63, 3.8) is 0 Å². The third-order valence-electron chi connectivity index (χ3n) is 6.38. The van der Waals surface area contributed by atoms with E-state index in [9.17, 15) is 9.90 Å². The summed E-state index contributed by atoms with van der Waals surface area (Å²) in [5.41, 5.74) is -0.623. The number of guanidine groups is 1. The largest absolute Gasteiger partial charge is 0.388 e. The number of aliphatic imine (C=N–C) groups is 1. The summed E-state index contributed by atoms with van der Waals surface area (Å²) in [6.07, 6.45) is 8.71. The number of nitrogens with zero attached hydrogens (tertiary/aromatic N) is 4. The van der Waals surface area contributed by atoms with Gasteiger partial charge in [0.25, 0.3) is 0 Å². The molecule has 0 aromatic rings. The van der Waals surface area contributed by atoms with Crippen molar-refractivity contribution < 1.29 is 9.90 Å². The molecule has 7 nitrogen and oxygen atoms in total. The Kier molecular flexibility index (Phi) is 10.5. The van der Waals surface area contributed by atoms with Gasteiger partial charge in [-0.25, -0.2) is 0 Å². The zero-order chi connectivity index (χ0) is 19.8. The minimum Gasteiger partial charge on any atom is -0.388 e. The predicted octanol–water partition coefficient (Wildman–Crippen LogP) is 1.90. The van der Waals surface area contributed by atoms with Crippen molar-refractivity contribution in [3.05, 3.63) is 0 Å². The van der Waals surface area contributed by atoms with E-state index in [0.29, 0.717) is 13.1 Å². The van der Waals surface area contributed by atoms with Crippen LogP contribution < -0.4 is 5.32 Å². The molecule has 168 valence electrons. The Balaban J connectivity index is 0.00000300. The summed E-state index contributed by atoms with van der Waals surface area (Å²) in [7, 11) is 0. The van der Waals surface area contributed by atoms with Gasteiger partial charge >= 0.3 is 0 Å². The lowest BCUT2D eigenvalue weighted by molar-refractivity contribution is -0.133. The highest BCUT2D eigenvalue weighted by Gasteiger charge is 2.30. The van der Waals surface area contributed by atoms with Gasteiger partial charge in [-0.3, -0.25) is 14.7 Å². The van der Waals surface area contributed by atoms with Crippen molar-refractivity contribution in [2.75, 3.05) is 58.9 Å². The third kappa shape index (κ3) is 7.54. The molecule has 3 aliphatic rings. The number of piperazine rings is 1. The zero-order valence-electron chi connectivity index (χ0n) is 18.1. The van der Waals surface area contributed by atoms with Gasteiger partial charge in [0.15, 0.2) is 5.96 Å². The highest BCUT2D eigenvalue weighted by atomic mass is 127. The van der Waals surface area contributed by atoms with Crippen LogP contribution in [0.1, 0.15) is 58.3 Å². The average molecular weight is 521 g/mol. The number of rotatable bonds is 5. The highest BCUT2D eigenvalue weighted by Crippen LogP contribution is 2.28. The molecule has 29 heavy (non-hydrogen) atoms. The van der Waals surface area contributed by atoms with Crippen molar-refractivity contribution >= 4 is 35.8 Å². The Labute approximate surface area is 193 Å². The van der Waals surface area contributed by atoms with Crippen molar-refractivity contribution in [1.29, 1.82) is 0 Å². The van der Waals surface area contributed by atoms with Crippen LogP contribution in [0.4, 0.5) is 0 Å². The minimum atomic E-state index is -0.623. The average Bonchev–Trinajstić information content (AvgIpc) is 2.73.